The van der Waals surface area contributed by atoms with E-state index in [0.29, 0.717) is 29.3 Å². The number of hydrogen-bond acceptors (Lipinski definition) is 4. The van der Waals surface area contributed by atoms with Crippen LogP contribution in [0.4, 0.5) is 0 Å². The predicted molar refractivity (Wildman–Crippen MR) is 89.4 cm³/mol. The van der Waals surface area contributed by atoms with Crippen molar-refractivity contribution in [1.82, 2.24) is 4.90 Å². The Morgan fingerprint density at radius 2 is 2.22 bits per heavy atom. The third kappa shape index (κ3) is 4.97. The minimum absolute atomic E-state index is 0.0211. The van der Waals surface area contributed by atoms with Gasteiger partial charge in [-0.2, -0.15) is 0 Å². The van der Waals surface area contributed by atoms with E-state index >= 15 is 0 Å². The highest BCUT2D eigenvalue weighted by atomic mass is 35.5. The predicted octanol–water partition coefficient (Wildman–Crippen LogP) is 2.98. The number of rotatable bonds is 6. The van der Waals surface area contributed by atoms with Crippen molar-refractivity contribution >= 4 is 40.4 Å². The number of carboxylic acids is 1. The summed E-state index contributed by atoms with van der Waals surface area (Å²) in [5, 5.41) is 9.71. The first-order valence-electron chi connectivity index (χ1n) is 7.27. The molecule has 1 saturated heterocycles. The second-order valence-electron chi connectivity index (χ2n) is 5.59. The van der Waals surface area contributed by atoms with E-state index in [1.165, 1.54) is 18.7 Å². The van der Waals surface area contributed by atoms with Crippen LogP contribution in [0.2, 0.25) is 5.02 Å². The Balaban J connectivity index is 2.17. The Kier molecular flexibility index (Phi) is 6.07. The molecule has 1 aliphatic heterocycles. The van der Waals surface area contributed by atoms with Gasteiger partial charge in [-0.25, -0.2) is 0 Å². The molecule has 0 saturated carbocycles. The van der Waals surface area contributed by atoms with E-state index in [9.17, 15) is 19.5 Å². The second kappa shape index (κ2) is 7.84. The third-order valence-electron chi connectivity index (χ3n) is 3.74. The fourth-order valence-electron chi connectivity index (χ4n) is 2.74. The van der Waals surface area contributed by atoms with Crippen LogP contribution in [-0.4, -0.2) is 39.3 Å². The zero-order chi connectivity index (χ0) is 17.0. The summed E-state index contributed by atoms with van der Waals surface area (Å²) in [5.74, 6) is -0.408. The molecule has 124 valence electrons. The van der Waals surface area contributed by atoms with Crippen LogP contribution < -0.4 is 0 Å². The van der Waals surface area contributed by atoms with Gasteiger partial charge < -0.3 is 10.0 Å². The molecule has 1 heterocycles. The summed E-state index contributed by atoms with van der Waals surface area (Å²) in [5.41, 5.74) is 0.716. The summed E-state index contributed by atoms with van der Waals surface area (Å²) in [4.78, 5) is 36.2. The van der Waals surface area contributed by atoms with Crippen LogP contribution in [0.1, 0.15) is 31.4 Å². The van der Waals surface area contributed by atoms with E-state index in [-0.39, 0.29) is 23.4 Å². The van der Waals surface area contributed by atoms with Crippen molar-refractivity contribution in [3.63, 3.8) is 0 Å². The van der Waals surface area contributed by atoms with Crippen LogP contribution in [0.3, 0.4) is 0 Å². The molecule has 7 heteroatoms. The van der Waals surface area contributed by atoms with Crippen molar-refractivity contribution in [1.29, 1.82) is 0 Å². The maximum absolute atomic E-state index is 12.3. The molecule has 1 amide bonds. The van der Waals surface area contributed by atoms with Crippen molar-refractivity contribution in [2.75, 3.05) is 12.3 Å². The van der Waals surface area contributed by atoms with Gasteiger partial charge in [0.05, 0.1) is 12.5 Å². The van der Waals surface area contributed by atoms with Crippen molar-refractivity contribution < 1.29 is 19.5 Å². The molecule has 1 fully saturated rings. The summed E-state index contributed by atoms with van der Waals surface area (Å²) >= 11 is 7.19. The van der Waals surface area contributed by atoms with Crippen molar-refractivity contribution in [3.8, 4) is 0 Å². The Morgan fingerprint density at radius 3 is 2.83 bits per heavy atom. The number of amides is 1. The van der Waals surface area contributed by atoms with Crippen LogP contribution in [0.15, 0.2) is 24.3 Å². The van der Waals surface area contributed by atoms with Gasteiger partial charge in [0.2, 0.25) is 5.91 Å². The first-order valence-corrected chi connectivity index (χ1v) is 8.63. The molecule has 5 nitrogen and oxygen atoms in total. The molecular weight excluding hydrogens is 338 g/mol. The molecule has 2 unspecified atom stereocenters. The molecule has 0 aromatic heterocycles. The number of nitrogens with zero attached hydrogens (tertiary/aromatic N) is 1. The van der Waals surface area contributed by atoms with Crippen LogP contribution in [0.5, 0.6) is 0 Å². The molecule has 0 spiro atoms. The van der Waals surface area contributed by atoms with E-state index in [4.69, 9.17) is 11.6 Å². The molecule has 1 aromatic carbocycles. The molecule has 2 rings (SSSR count). The molecular formula is C16H18ClNO4S. The molecule has 0 radical (unpaired) electrons. The van der Waals surface area contributed by atoms with Gasteiger partial charge in [0, 0.05) is 30.7 Å². The normalized spacial score (nSPS) is 19.0. The number of hydrogen-bond donors (Lipinski definition) is 1. The Bertz CT molecular complexity index is 622. The second-order valence-corrected chi connectivity index (χ2v) is 7.22. The summed E-state index contributed by atoms with van der Waals surface area (Å²) in [7, 11) is 0. The van der Waals surface area contributed by atoms with E-state index in [2.05, 4.69) is 0 Å². The van der Waals surface area contributed by atoms with E-state index in [1.807, 2.05) is 0 Å². The average molecular weight is 356 g/mol. The summed E-state index contributed by atoms with van der Waals surface area (Å²) in [6, 6.07) is 6.40. The maximum Gasteiger partial charge on any atom is 0.305 e. The van der Waals surface area contributed by atoms with Crippen LogP contribution >= 0.6 is 23.4 Å². The highest BCUT2D eigenvalue weighted by molar-refractivity contribution is 8.13. The van der Waals surface area contributed by atoms with Gasteiger partial charge in [-0.3, -0.25) is 14.4 Å². The van der Waals surface area contributed by atoms with Crippen molar-refractivity contribution in [2.45, 2.75) is 25.8 Å². The molecule has 0 aliphatic carbocycles. The zero-order valence-electron chi connectivity index (χ0n) is 12.7. The summed E-state index contributed by atoms with van der Waals surface area (Å²) in [6.07, 6.45) is 0.176. The number of thioether (sulfide) groups is 1. The minimum atomic E-state index is -0.968. The number of carbonyl (C=O) groups is 3. The lowest BCUT2D eigenvalue weighted by molar-refractivity contribution is -0.140. The SMILES string of the molecule is CC(=O)SCC1CC(=O)N(C(CC(=O)O)c2cccc(Cl)c2)C1. The van der Waals surface area contributed by atoms with Crippen molar-refractivity contribution in [2.24, 2.45) is 5.92 Å². The third-order valence-corrected chi connectivity index (χ3v) is 5.02. The maximum atomic E-state index is 12.3. The smallest absolute Gasteiger partial charge is 0.305 e. The highest BCUT2D eigenvalue weighted by Gasteiger charge is 2.36. The van der Waals surface area contributed by atoms with E-state index in [1.54, 1.807) is 29.2 Å². The highest BCUT2D eigenvalue weighted by Crippen LogP contribution is 2.33. The first kappa shape index (κ1) is 17.8. The largest absolute Gasteiger partial charge is 0.481 e. The Morgan fingerprint density at radius 1 is 1.48 bits per heavy atom. The number of likely N-dealkylation sites (tertiary alicyclic amines) is 1. The van der Waals surface area contributed by atoms with E-state index in [0.717, 1.165) is 0 Å². The number of carboxylic acid groups (broad SMARTS) is 1. The van der Waals surface area contributed by atoms with Gasteiger partial charge in [0.1, 0.15) is 0 Å². The quantitative estimate of drug-likeness (QED) is 0.849. The monoisotopic (exact) mass is 355 g/mol. The average Bonchev–Trinajstić information content (AvgIpc) is 2.83. The fraction of sp³-hybridized carbons (Fsp3) is 0.438. The number of halogens is 1. The van der Waals surface area contributed by atoms with Gasteiger partial charge in [-0.05, 0) is 23.6 Å². The lowest BCUT2D eigenvalue weighted by Crippen LogP contribution is -2.32. The first-order chi connectivity index (χ1) is 10.9. The van der Waals surface area contributed by atoms with Crippen LogP contribution in [0.25, 0.3) is 0 Å². The topological polar surface area (TPSA) is 74.7 Å². The minimum Gasteiger partial charge on any atom is -0.481 e. The molecule has 1 N–H and O–H groups in total. The molecule has 2 atom stereocenters. The Labute approximate surface area is 144 Å². The molecule has 1 aromatic rings. The van der Waals surface area contributed by atoms with E-state index < -0.39 is 12.0 Å². The van der Waals surface area contributed by atoms with Crippen molar-refractivity contribution in [3.05, 3.63) is 34.9 Å². The van der Waals surface area contributed by atoms with Gasteiger partial charge in [-0.15, -0.1) is 0 Å². The zero-order valence-corrected chi connectivity index (χ0v) is 14.3. The number of aliphatic carboxylic acids is 1. The molecule has 23 heavy (non-hydrogen) atoms. The lowest BCUT2D eigenvalue weighted by atomic mass is 10.0. The number of benzene rings is 1. The standard InChI is InChI=1S/C16H18ClNO4S/c1-10(19)23-9-11-5-15(20)18(8-11)14(7-16(21)22)12-3-2-4-13(17)6-12/h2-4,6,11,14H,5,7-9H2,1H3,(H,21,22). The Hall–Kier alpha value is -1.53. The lowest BCUT2D eigenvalue weighted by Gasteiger charge is -2.27. The summed E-state index contributed by atoms with van der Waals surface area (Å²) in [6.45, 7) is 1.96. The van der Waals surface area contributed by atoms with Crippen LogP contribution in [0, 0.1) is 5.92 Å². The van der Waals surface area contributed by atoms with Gasteiger partial charge in [0.15, 0.2) is 5.12 Å². The van der Waals surface area contributed by atoms with Gasteiger partial charge >= 0.3 is 5.97 Å². The van der Waals surface area contributed by atoms with Gasteiger partial charge in [-0.1, -0.05) is 35.5 Å². The van der Waals surface area contributed by atoms with Crippen LogP contribution in [-0.2, 0) is 14.4 Å². The molecule has 0 bridgehead atoms. The molecule has 1 aliphatic rings. The van der Waals surface area contributed by atoms with Gasteiger partial charge in [0.25, 0.3) is 0 Å². The number of carbonyl (C=O) groups excluding carboxylic acids is 2. The fourth-order valence-corrected chi connectivity index (χ4v) is 3.64. The summed E-state index contributed by atoms with van der Waals surface area (Å²) < 4.78 is 0.